The predicted octanol–water partition coefficient (Wildman–Crippen LogP) is 2.17. The SMILES string of the molecule is O=C1Nc2cc(C(F)(F)F)c(Br)cc2/C(=N/O)C1=O. The first kappa shape index (κ1) is 13.5. The van der Waals surface area contributed by atoms with Gasteiger partial charge in [-0.2, -0.15) is 13.2 Å². The van der Waals surface area contributed by atoms with Gasteiger partial charge in [-0.25, -0.2) is 0 Å². The van der Waals surface area contributed by atoms with Crippen molar-refractivity contribution in [2.45, 2.75) is 6.18 Å². The quantitative estimate of drug-likeness (QED) is 0.433. The second-order valence-corrected chi connectivity index (χ2v) is 4.46. The molecule has 0 saturated heterocycles. The summed E-state index contributed by atoms with van der Waals surface area (Å²) in [6.45, 7) is 0. The Hall–Kier alpha value is -1.90. The average molecular weight is 337 g/mol. The third-order valence-electron chi connectivity index (χ3n) is 2.44. The van der Waals surface area contributed by atoms with E-state index < -0.39 is 29.1 Å². The maximum Gasteiger partial charge on any atom is 0.417 e. The summed E-state index contributed by atoms with van der Waals surface area (Å²) in [7, 11) is 0. The molecule has 0 aromatic heterocycles. The van der Waals surface area contributed by atoms with Gasteiger partial charge in [0.1, 0.15) is 0 Å². The van der Waals surface area contributed by atoms with Crippen LogP contribution in [0.15, 0.2) is 21.8 Å². The molecule has 0 fully saturated rings. The topological polar surface area (TPSA) is 78.8 Å². The normalized spacial score (nSPS) is 17.4. The monoisotopic (exact) mass is 336 g/mol. The minimum absolute atomic E-state index is 0.0908. The Balaban J connectivity index is 2.69. The average Bonchev–Trinajstić information content (AvgIpc) is 2.30. The lowest BCUT2D eigenvalue weighted by Gasteiger charge is -2.19. The molecule has 0 atom stereocenters. The van der Waals surface area contributed by atoms with E-state index in [9.17, 15) is 22.8 Å². The van der Waals surface area contributed by atoms with E-state index in [1.165, 1.54) is 0 Å². The Kier molecular flexibility index (Phi) is 3.09. The van der Waals surface area contributed by atoms with Crippen LogP contribution in [-0.2, 0) is 15.8 Å². The highest BCUT2D eigenvalue weighted by atomic mass is 79.9. The molecule has 1 aliphatic heterocycles. The second-order valence-electron chi connectivity index (χ2n) is 3.61. The molecule has 1 aromatic rings. The maximum atomic E-state index is 12.7. The first-order valence-corrected chi connectivity index (χ1v) is 5.54. The summed E-state index contributed by atoms with van der Waals surface area (Å²) in [5, 5.41) is 13.4. The molecule has 1 heterocycles. The molecule has 0 spiro atoms. The number of fused-ring (bicyclic) bond motifs is 1. The molecule has 19 heavy (non-hydrogen) atoms. The van der Waals surface area contributed by atoms with Crippen molar-refractivity contribution in [1.29, 1.82) is 0 Å². The van der Waals surface area contributed by atoms with E-state index >= 15 is 0 Å². The van der Waals surface area contributed by atoms with Gasteiger partial charge in [-0.1, -0.05) is 21.1 Å². The number of nitrogens with zero attached hydrogens (tertiary/aromatic N) is 1. The number of hydrogen-bond donors (Lipinski definition) is 2. The number of anilines is 1. The van der Waals surface area contributed by atoms with Gasteiger partial charge in [0.05, 0.1) is 11.3 Å². The summed E-state index contributed by atoms with van der Waals surface area (Å²) in [5.41, 5.74) is -1.95. The van der Waals surface area contributed by atoms with Crippen LogP contribution in [0.4, 0.5) is 18.9 Å². The zero-order chi connectivity index (χ0) is 14.4. The number of benzene rings is 1. The summed E-state index contributed by atoms with van der Waals surface area (Å²) in [6, 6.07) is 1.62. The Labute approximate surface area is 112 Å². The number of carbonyl (C=O) groups excluding carboxylic acids is 2. The highest BCUT2D eigenvalue weighted by Crippen LogP contribution is 2.38. The third kappa shape index (κ3) is 2.21. The lowest BCUT2D eigenvalue weighted by atomic mass is 9.98. The lowest BCUT2D eigenvalue weighted by molar-refractivity contribution is -0.138. The molecule has 2 N–H and O–H groups in total. The fourth-order valence-electron chi connectivity index (χ4n) is 1.60. The number of carbonyl (C=O) groups is 2. The van der Waals surface area contributed by atoms with Crippen LogP contribution in [0.3, 0.4) is 0 Å². The molecule has 0 bridgehead atoms. The van der Waals surface area contributed by atoms with Crippen LogP contribution in [0.5, 0.6) is 0 Å². The fourth-order valence-corrected chi connectivity index (χ4v) is 2.17. The summed E-state index contributed by atoms with van der Waals surface area (Å²) < 4.78 is 37.7. The smallest absolute Gasteiger partial charge is 0.410 e. The van der Waals surface area contributed by atoms with Gasteiger partial charge in [-0.3, -0.25) is 9.59 Å². The number of ketones is 1. The summed E-state index contributed by atoms with van der Waals surface area (Å²) in [4.78, 5) is 22.6. The van der Waals surface area contributed by atoms with E-state index in [0.29, 0.717) is 6.07 Å². The highest BCUT2D eigenvalue weighted by molar-refractivity contribution is 9.10. The summed E-state index contributed by atoms with van der Waals surface area (Å²) >= 11 is 2.72. The van der Waals surface area contributed by atoms with Crippen molar-refractivity contribution in [2.75, 3.05) is 5.32 Å². The second kappa shape index (κ2) is 4.34. The molecule has 9 heteroatoms. The van der Waals surface area contributed by atoms with Crippen LogP contribution in [-0.4, -0.2) is 22.6 Å². The number of halogens is 4. The van der Waals surface area contributed by atoms with Crippen LogP contribution in [0.1, 0.15) is 11.1 Å². The van der Waals surface area contributed by atoms with E-state index in [0.717, 1.165) is 6.07 Å². The molecule has 0 unspecified atom stereocenters. The van der Waals surface area contributed by atoms with Crippen molar-refractivity contribution in [2.24, 2.45) is 5.16 Å². The van der Waals surface area contributed by atoms with Crippen molar-refractivity contribution < 1.29 is 28.0 Å². The summed E-state index contributed by atoms with van der Waals surface area (Å²) in [6.07, 6.45) is -4.63. The molecule has 1 aromatic carbocycles. The van der Waals surface area contributed by atoms with E-state index in [1.54, 1.807) is 0 Å². The zero-order valence-electron chi connectivity index (χ0n) is 8.88. The number of alkyl halides is 3. The van der Waals surface area contributed by atoms with Crippen molar-refractivity contribution in [1.82, 2.24) is 0 Å². The first-order chi connectivity index (χ1) is 8.75. The molecular formula is C10H4BrF3N2O3. The van der Waals surface area contributed by atoms with E-state index in [-0.39, 0.29) is 15.7 Å². The van der Waals surface area contributed by atoms with Crippen molar-refractivity contribution in [3.63, 3.8) is 0 Å². The van der Waals surface area contributed by atoms with E-state index in [4.69, 9.17) is 5.21 Å². The largest absolute Gasteiger partial charge is 0.417 e. The van der Waals surface area contributed by atoms with Crippen LogP contribution < -0.4 is 5.32 Å². The number of oxime groups is 1. The molecule has 0 aliphatic carbocycles. The number of nitrogens with one attached hydrogen (secondary N) is 1. The first-order valence-electron chi connectivity index (χ1n) is 4.74. The summed E-state index contributed by atoms with van der Waals surface area (Å²) in [5.74, 6) is -2.28. The Morgan fingerprint density at radius 3 is 2.42 bits per heavy atom. The van der Waals surface area contributed by atoms with Gasteiger partial charge in [0.2, 0.25) is 0 Å². The van der Waals surface area contributed by atoms with Gasteiger partial charge in [0, 0.05) is 10.0 Å². The number of rotatable bonds is 0. The zero-order valence-corrected chi connectivity index (χ0v) is 10.5. The lowest BCUT2D eigenvalue weighted by Crippen LogP contribution is -2.36. The van der Waals surface area contributed by atoms with Gasteiger partial charge in [0.25, 0.3) is 11.7 Å². The van der Waals surface area contributed by atoms with Gasteiger partial charge in [-0.15, -0.1) is 0 Å². The van der Waals surface area contributed by atoms with Crippen LogP contribution >= 0.6 is 15.9 Å². The predicted molar refractivity (Wildman–Crippen MR) is 61.1 cm³/mol. The highest BCUT2D eigenvalue weighted by Gasteiger charge is 2.37. The van der Waals surface area contributed by atoms with Gasteiger partial charge in [-0.05, 0) is 12.1 Å². The molecule has 100 valence electrons. The molecule has 0 saturated carbocycles. The minimum atomic E-state index is -4.63. The van der Waals surface area contributed by atoms with E-state index in [2.05, 4.69) is 21.1 Å². The molecule has 2 rings (SSSR count). The van der Waals surface area contributed by atoms with Gasteiger partial charge < -0.3 is 10.5 Å². The number of Topliss-reactive ketones (excluding diaryl/α,β-unsaturated/α-hetero) is 1. The molecule has 1 aliphatic rings. The Morgan fingerprint density at radius 1 is 1.26 bits per heavy atom. The van der Waals surface area contributed by atoms with Crippen LogP contribution in [0, 0.1) is 0 Å². The molecule has 5 nitrogen and oxygen atoms in total. The number of hydrogen-bond acceptors (Lipinski definition) is 4. The molecular weight excluding hydrogens is 333 g/mol. The van der Waals surface area contributed by atoms with Crippen molar-refractivity contribution >= 4 is 39.0 Å². The van der Waals surface area contributed by atoms with Crippen LogP contribution in [0.25, 0.3) is 0 Å². The molecule has 1 amide bonds. The Bertz CT molecular complexity index is 625. The van der Waals surface area contributed by atoms with Crippen molar-refractivity contribution in [3.8, 4) is 0 Å². The number of amides is 1. The standard InChI is InChI=1S/C10H4BrF3N2O3/c11-5-1-3-6(2-4(5)10(12,13)14)15-9(18)8(17)7(3)16-19/h1-2,19H,(H,15,18)/b16-7-. The third-order valence-corrected chi connectivity index (χ3v) is 3.09. The van der Waals surface area contributed by atoms with Gasteiger partial charge >= 0.3 is 6.18 Å². The van der Waals surface area contributed by atoms with Gasteiger partial charge in [0.15, 0.2) is 5.71 Å². The maximum absolute atomic E-state index is 12.7. The Morgan fingerprint density at radius 2 is 1.89 bits per heavy atom. The van der Waals surface area contributed by atoms with E-state index in [1.807, 2.05) is 5.32 Å². The van der Waals surface area contributed by atoms with Crippen molar-refractivity contribution in [3.05, 3.63) is 27.7 Å². The fraction of sp³-hybridized carbons (Fsp3) is 0.100. The van der Waals surface area contributed by atoms with Crippen LogP contribution in [0.2, 0.25) is 0 Å². The molecule has 0 radical (unpaired) electrons. The minimum Gasteiger partial charge on any atom is -0.410 e.